The average Bonchev–Trinajstić information content (AvgIpc) is 2.86. The molecule has 2 aromatic rings. The second kappa shape index (κ2) is 5.57. The fourth-order valence-corrected chi connectivity index (χ4v) is 3.40. The third-order valence-corrected chi connectivity index (χ3v) is 5.58. The molecule has 0 aliphatic rings. The first-order chi connectivity index (χ1) is 9.68. The van der Waals surface area contributed by atoms with Gasteiger partial charge in [0.15, 0.2) is 19.7 Å². The number of halogens is 1. The lowest BCUT2D eigenvalue weighted by molar-refractivity contribution is 0.579. The first-order valence-electron chi connectivity index (χ1n) is 5.89. The summed E-state index contributed by atoms with van der Waals surface area (Å²) in [5, 5.41) is 3.81. The van der Waals surface area contributed by atoms with Crippen LogP contribution in [0, 0.1) is 5.82 Å². The van der Waals surface area contributed by atoms with Crippen molar-refractivity contribution in [1.29, 1.82) is 0 Å². The lowest BCUT2D eigenvalue weighted by Gasteiger charge is -2.04. The Kier molecular flexibility index (Phi) is 4.15. The van der Waals surface area contributed by atoms with Crippen LogP contribution in [0.25, 0.3) is 0 Å². The maximum absolute atomic E-state index is 12.8. The van der Waals surface area contributed by atoms with Gasteiger partial charge in [0.2, 0.25) is 0 Å². The number of aromatic nitrogens is 2. The van der Waals surface area contributed by atoms with Crippen molar-refractivity contribution in [2.75, 3.05) is 12.0 Å². The van der Waals surface area contributed by atoms with Crippen LogP contribution < -0.4 is 0 Å². The van der Waals surface area contributed by atoms with E-state index < -0.39 is 25.5 Å². The molecule has 0 unspecified atom stereocenters. The number of sulfone groups is 2. The van der Waals surface area contributed by atoms with Gasteiger partial charge in [0.05, 0.1) is 23.4 Å². The van der Waals surface area contributed by atoms with Crippen LogP contribution >= 0.6 is 0 Å². The summed E-state index contributed by atoms with van der Waals surface area (Å²) in [6.07, 6.45) is 3.49. The minimum Gasteiger partial charge on any atom is -0.270 e. The Hall–Kier alpha value is -1.74. The molecule has 0 saturated carbocycles. The molecule has 1 aromatic carbocycles. The summed E-state index contributed by atoms with van der Waals surface area (Å²) in [5.74, 6) is -0.775. The van der Waals surface area contributed by atoms with Gasteiger partial charge in [-0.2, -0.15) is 5.10 Å². The van der Waals surface area contributed by atoms with Crippen LogP contribution in [0.1, 0.15) is 0 Å². The van der Waals surface area contributed by atoms with Crippen molar-refractivity contribution < 1.29 is 21.2 Å². The van der Waals surface area contributed by atoms with Crippen LogP contribution in [0.15, 0.2) is 46.5 Å². The maximum atomic E-state index is 12.8. The molecule has 1 heterocycles. The van der Waals surface area contributed by atoms with Crippen molar-refractivity contribution in [2.24, 2.45) is 0 Å². The predicted octanol–water partition coefficient (Wildman–Crippen LogP) is 0.900. The normalized spacial score (nSPS) is 12.5. The standard InChI is InChI=1S/C12H13FN2O4S2/c1-20(16,17)12-8-14-15(9-12)6-7-21(18,19)11-4-2-10(13)3-5-11/h2-5,8-9H,6-7H2,1H3. The first kappa shape index (κ1) is 15.6. The molecule has 0 aliphatic carbocycles. The molecule has 0 amide bonds. The SMILES string of the molecule is CS(=O)(=O)c1cnn(CCS(=O)(=O)c2ccc(F)cc2)c1. The molecular formula is C12H13FN2O4S2. The van der Waals surface area contributed by atoms with E-state index in [1.807, 2.05) is 0 Å². The first-order valence-corrected chi connectivity index (χ1v) is 9.44. The van der Waals surface area contributed by atoms with Crippen molar-refractivity contribution in [3.8, 4) is 0 Å². The lowest BCUT2D eigenvalue weighted by atomic mass is 10.4. The summed E-state index contributed by atoms with van der Waals surface area (Å²) in [6.45, 7) is 0.00916. The fourth-order valence-electron chi connectivity index (χ4n) is 1.63. The molecule has 114 valence electrons. The van der Waals surface area contributed by atoms with Crippen LogP contribution in [-0.2, 0) is 26.2 Å². The third-order valence-electron chi connectivity index (χ3n) is 2.80. The highest BCUT2D eigenvalue weighted by atomic mass is 32.2. The smallest absolute Gasteiger partial charge is 0.180 e. The minimum absolute atomic E-state index is 0.00916. The van der Waals surface area contributed by atoms with E-state index in [0.29, 0.717) is 0 Å². The van der Waals surface area contributed by atoms with Gasteiger partial charge >= 0.3 is 0 Å². The monoisotopic (exact) mass is 332 g/mol. The zero-order valence-electron chi connectivity index (χ0n) is 11.1. The van der Waals surface area contributed by atoms with Crippen LogP contribution in [0.2, 0.25) is 0 Å². The summed E-state index contributed by atoms with van der Waals surface area (Å²) < 4.78 is 60.7. The highest BCUT2D eigenvalue weighted by Crippen LogP contribution is 2.13. The highest BCUT2D eigenvalue weighted by molar-refractivity contribution is 7.91. The summed E-state index contributed by atoms with van der Waals surface area (Å²) in [4.78, 5) is 0.0427. The topological polar surface area (TPSA) is 86.1 Å². The molecule has 0 fully saturated rings. The fraction of sp³-hybridized carbons (Fsp3) is 0.250. The van der Waals surface area contributed by atoms with E-state index in [-0.39, 0.29) is 22.1 Å². The average molecular weight is 332 g/mol. The molecule has 0 saturated heterocycles. The molecule has 0 spiro atoms. The van der Waals surface area contributed by atoms with Crippen molar-refractivity contribution in [3.05, 3.63) is 42.5 Å². The Labute approximate surface area is 122 Å². The van der Waals surface area contributed by atoms with E-state index in [1.165, 1.54) is 29.2 Å². The minimum atomic E-state index is -3.58. The Morgan fingerprint density at radius 1 is 1.10 bits per heavy atom. The van der Waals surface area contributed by atoms with E-state index in [4.69, 9.17) is 0 Å². The summed E-state index contributed by atoms with van der Waals surface area (Å²) in [5.41, 5.74) is 0. The predicted molar refractivity (Wildman–Crippen MR) is 73.8 cm³/mol. The Balaban J connectivity index is 2.12. The van der Waals surface area contributed by atoms with E-state index in [2.05, 4.69) is 5.10 Å². The van der Waals surface area contributed by atoms with Crippen LogP contribution in [0.5, 0.6) is 0 Å². The molecule has 6 nitrogen and oxygen atoms in total. The van der Waals surface area contributed by atoms with E-state index >= 15 is 0 Å². The van der Waals surface area contributed by atoms with Gasteiger partial charge in [-0.25, -0.2) is 21.2 Å². The van der Waals surface area contributed by atoms with Crippen LogP contribution in [0.4, 0.5) is 4.39 Å². The number of benzene rings is 1. The van der Waals surface area contributed by atoms with E-state index in [9.17, 15) is 21.2 Å². The molecule has 21 heavy (non-hydrogen) atoms. The third kappa shape index (κ3) is 3.88. The van der Waals surface area contributed by atoms with E-state index in [0.717, 1.165) is 18.4 Å². The van der Waals surface area contributed by atoms with Crippen molar-refractivity contribution >= 4 is 19.7 Å². The molecule has 0 N–H and O–H groups in total. The van der Waals surface area contributed by atoms with Gasteiger partial charge in [-0.05, 0) is 24.3 Å². The molecule has 9 heteroatoms. The van der Waals surface area contributed by atoms with Crippen molar-refractivity contribution in [1.82, 2.24) is 9.78 Å². The largest absolute Gasteiger partial charge is 0.270 e. The molecule has 0 radical (unpaired) electrons. The van der Waals surface area contributed by atoms with Gasteiger partial charge in [-0.1, -0.05) is 0 Å². The zero-order valence-corrected chi connectivity index (χ0v) is 12.7. The van der Waals surface area contributed by atoms with Gasteiger partial charge in [0, 0.05) is 12.5 Å². The second-order valence-corrected chi connectivity index (χ2v) is 8.61. The quantitative estimate of drug-likeness (QED) is 0.759. The number of hydrogen-bond acceptors (Lipinski definition) is 5. The van der Waals surface area contributed by atoms with E-state index in [1.54, 1.807) is 0 Å². The Bertz CT molecular complexity index is 840. The van der Waals surface area contributed by atoms with Gasteiger partial charge in [0.1, 0.15) is 10.7 Å². The summed E-state index contributed by atoms with van der Waals surface area (Å²) in [6, 6.07) is 4.52. The van der Waals surface area contributed by atoms with Crippen LogP contribution in [-0.4, -0.2) is 38.6 Å². The second-order valence-electron chi connectivity index (χ2n) is 4.48. The molecule has 0 aliphatic heterocycles. The Morgan fingerprint density at radius 3 is 2.24 bits per heavy atom. The molecule has 0 bridgehead atoms. The van der Waals surface area contributed by atoms with Gasteiger partial charge < -0.3 is 0 Å². The number of nitrogens with zero attached hydrogens (tertiary/aromatic N) is 2. The zero-order chi connectivity index (χ0) is 15.7. The van der Waals surface area contributed by atoms with Gasteiger partial charge in [0.25, 0.3) is 0 Å². The van der Waals surface area contributed by atoms with Crippen molar-refractivity contribution in [3.63, 3.8) is 0 Å². The lowest BCUT2D eigenvalue weighted by Crippen LogP contribution is -2.13. The molecular weight excluding hydrogens is 319 g/mol. The molecule has 2 rings (SSSR count). The maximum Gasteiger partial charge on any atom is 0.180 e. The van der Waals surface area contributed by atoms with Gasteiger partial charge in [-0.15, -0.1) is 0 Å². The summed E-state index contributed by atoms with van der Waals surface area (Å²) in [7, 11) is -6.95. The Morgan fingerprint density at radius 2 is 1.71 bits per heavy atom. The summed E-state index contributed by atoms with van der Waals surface area (Å²) >= 11 is 0. The van der Waals surface area contributed by atoms with Gasteiger partial charge in [-0.3, -0.25) is 4.68 Å². The number of rotatable bonds is 5. The number of aryl methyl sites for hydroxylation is 1. The molecule has 0 atom stereocenters. The highest BCUT2D eigenvalue weighted by Gasteiger charge is 2.16. The van der Waals surface area contributed by atoms with Crippen LogP contribution in [0.3, 0.4) is 0 Å². The number of hydrogen-bond donors (Lipinski definition) is 0. The molecule has 1 aromatic heterocycles. The van der Waals surface area contributed by atoms with Crippen molar-refractivity contribution in [2.45, 2.75) is 16.3 Å².